The van der Waals surface area contributed by atoms with Gasteiger partial charge in [0.2, 0.25) is 0 Å². The number of halogens is 2. The van der Waals surface area contributed by atoms with Crippen LogP contribution in [-0.2, 0) is 0 Å². The highest BCUT2D eigenvalue weighted by Gasteiger charge is 2.16. The maximum Gasteiger partial charge on any atom is 0.166 e. The Balaban J connectivity index is 2.24. The Bertz CT molecular complexity index is 324. The van der Waals surface area contributed by atoms with E-state index < -0.39 is 0 Å². The fourth-order valence-corrected chi connectivity index (χ4v) is 1.88. The van der Waals surface area contributed by atoms with Crippen molar-refractivity contribution in [1.82, 2.24) is 4.98 Å². The molecule has 0 N–H and O–H groups in total. The molecule has 1 aromatic heterocycles. The Kier molecular flexibility index (Phi) is 2.87. The fourth-order valence-electron chi connectivity index (χ4n) is 1.74. The second-order valence-electron chi connectivity index (χ2n) is 3.49. The lowest BCUT2D eigenvalue weighted by Gasteiger charge is -2.27. The molecule has 0 saturated carbocycles. The number of hydrogen-bond donors (Lipinski definition) is 0. The second kappa shape index (κ2) is 4.13. The smallest absolute Gasteiger partial charge is 0.166 e. The number of aromatic nitrogens is 1. The molecule has 0 atom stereocenters. The Hall–Kier alpha value is -0.830. The average Bonchev–Trinajstić information content (AvgIpc) is 2.23. The third kappa shape index (κ3) is 1.98. The normalized spacial score (nSPS) is 17.1. The van der Waals surface area contributed by atoms with Gasteiger partial charge >= 0.3 is 0 Å². The highest BCUT2D eigenvalue weighted by atomic mass is 35.5. The van der Waals surface area contributed by atoms with E-state index in [1.165, 1.54) is 18.6 Å². The van der Waals surface area contributed by atoms with Gasteiger partial charge in [-0.25, -0.2) is 9.37 Å². The molecule has 76 valence electrons. The topological polar surface area (TPSA) is 16.1 Å². The van der Waals surface area contributed by atoms with Crippen molar-refractivity contribution in [3.63, 3.8) is 0 Å². The number of pyridine rings is 1. The summed E-state index contributed by atoms with van der Waals surface area (Å²) in [6.07, 6.45) is 3.43. The van der Waals surface area contributed by atoms with Crippen molar-refractivity contribution < 1.29 is 4.39 Å². The second-order valence-corrected chi connectivity index (χ2v) is 3.87. The molecule has 1 fully saturated rings. The lowest BCUT2D eigenvalue weighted by Crippen LogP contribution is -2.30. The molecule has 1 aliphatic rings. The van der Waals surface area contributed by atoms with Crippen molar-refractivity contribution in [2.24, 2.45) is 0 Å². The van der Waals surface area contributed by atoms with Crippen molar-refractivity contribution in [3.8, 4) is 0 Å². The number of piperidine rings is 1. The molecule has 2 rings (SSSR count). The van der Waals surface area contributed by atoms with Crippen LogP contribution >= 0.6 is 11.6 Å². The zero-order valence-electron chi connectivity index (χ0n) is 7.84. The first kappa shape index (κ1) is 9.71. The van der Waals surface area contributed by atoms with Gasteiger partial charge in [0.15, 0.2) is 11.6 Å². The molecule has 0 unspecified atom stereocenters. The van der Waals surface area contributed by atoms with Crippen LogP contribution in [0.3, 0.4) is 0 Å². The van der Waals surface area contributed by atoms with Crippen LogP contribution < -0.4 is 4.90 Å². The average molecular weight is 215 g/mol. The minimum atomic E-state index is -0.281. The van der Waals surface area contributed by atoms with Gasteiger partial charge in [0, 0.05) is 13.1 Å². The molecular weight excluding hydrogens is 203 g/mol. The summed E-state index contributed by atoms with van der Waals surface area (Å²) in [5.74, 6) is 0.119. The molecule has 0 aliphatic carbocycles. The Morgan fingerprint density at radius 2 is 1.93 bits per heavy atom. The summed E-state index contributed by atoms with van der Waals surface area (Å²) in [5.41, 5.74) is 0. The third-order valence-corrected chi connectivity index (χ3v) is 2.66. The van der Waals surface area contributed by atoms with Gasteiger partial charge in [-0.05, 0) is 31.4 Å². The van der Waals surface area contributed by atoms with E-state index in [1.807, 2.05) is 4.90 Å². The van der Waals surface area contributed by atoms with Crippen LogP contribution in [0.5, 0.6) is 0 Å². The Morgan fingerprint density at radius 1 is 1.21 bits per heavy atom. The van der Waals surface area contributed by atoms with E-state index >= 15 is 0 Å². The maximum atomic E-state index is 13.4. The van der Waals surface area contributed by atoms with E-state index in [-0.39, 0.29) is 5.82 Å². The van der Waals surface area contributed by atoms with Gasteiger partial charge < -0.3 is 4.90 Å². The van der Waals surface area contributed by atoms with Crippen LogP contribution in [-0.4, -0.2) is 18.1 Å². The standard InChI is InChI=1S/C10H12ClFN2/c11-9-5-4-8(12)10(13-9)14-6-2-1-3-7-14/h4-5H,1-3,6-7H2. The van der Waals surface area contributed by atoms with Gasteiger partial charge in [0.25, 0.3) is 0 Å². The van der Waals surface area contributed by atoms with Gasteiger partial charge in [-0.1, -0.05) is 11.6 Å². The Morgan fingerprint density at radius 3 is 2.64 bits per heavy atom. The van der Waals surface area contributed by atoms with Gasteiger partial charge in [-0.3, -0.25) is 0 Å². The first-order chi connectivity index (χ1) is 6.77. The van der Waals surface area contributed by atoms with Crippen LogP contribution in [0.15, 0.2) is 12.1 Å². The molecule has 1 aliphatic heterocycles. The van der Waals surface area contributed by atoms with E-state index in [2.05, 4.69) is 4.98 Å². The van der Waals surface area contributed by atoms with Gasteiger partial charge in [0.1, 0.15) is 5.15 Å². The SMILES string of the molecule is Fc1ccc(Cl)nc1N1CCCCC1. The summed E-state index contributed by atoms with van der Waals surface area (Å²) in [6, 6.07) is 2.85. The van der Waals surface area contributed by atoms with Gasteiger partial charge in [-0.2, -0.15) is 0 Å². The van der Waals surface area contributed by atoms with Crippen LogP contribution in [0.2, 0.25) is 5.15 Å². The van der Waals surface area contributed by atoms with Crippen molar-refractivity contribution >= 4 is 17.4 Å². The molecule has 4 heteroatoms. The number of nitrogens with zero attached hydrogens (tertiary/aromatic N) is 2. The first-order valence-corrected chi connectivity index (χ1v) is 5.22. The summed E-state index contributed by atoms with van der Waals surface area (Å²) >= 11 is 5.73. The van der Waals surface area contributed by atoms with Crippen LogP contribution in [0, 0.1) is 5.82 Å². The molecule has 1 aromatic rings. The monoisotopic (exact) mass is 214 g/mol. The van der Waals surface area contributed by atoms with E-state index in [1.54, 1.807) is 0 Å². The van der Waals surface area contributed by atoms with Gasteiger partial charge in [-0.15, -0.1) is 0 Å². The zero-order chi connectivity index (χ0) is 9.97. The van der Waals surface area contributed by atoms with E-state index in [4.69, 9.17) is 11.6 Å². The lowest BCUT2D eigenvalue weighted by atomic mass is 10.1. The number of rotatable bonds is 1. The summed E-state index contributed by atoms with van der Waals surface area (Å²) in [7, 11) is 0. The molecule has 2 nitrogen and oxygen atoms in total. The highest BCUT2D eigenvalue weighted by molar-refractivity contribution is 6.29. The van der Waals surface area contributed by atoms with Crippen molar-refractivity contribution in [1.29, 1.82) is 0 Å². The zero-order valence-corrected chi connectivity index (χ0v) is 8.60. The minimum Gasteiger partial charge on any atom is -0.354 e. The molecular formula is C10H12ClFN2. The maximum absolute atomic E-state index is 13.4. The predicted molar refractivity (Wildman–Crippen MR) is 55.3 cm³/mol. The molecule has 0 amide bonds. The van der Waals surface area contributed by atoms with Crippen molar-refractivity contribution in [2.45, 2.75) is 19.3 Å². The summed E-state index contributed by atoms with van der Waals surface area (Å²) in [6.45, 7) is 1.76. The number of anilines is 1. The van der Waals surface area contributed by atoms with Crippen LogP contribution in [0.4, 0.5) is 10.2 Å². The van der Waals surface area contributed by atoms with Crippen molar-refractivity contribution in [2.75, 3.05) is 18.0 Å². The fraction of sp³-hybridized carbons (Fsp3) is 0.500. The largest absolute Gasteiger partial charge is 0.354 e. The van der Waals surface area contributed by atoms with Crippen molar-refractivity contribution in [3.05, 3.63) is 23.1 Å². The van der Waals surface area contributed by atoms with E-state index in [9.17, 15) is 4.39 Å². The molecule has 0 bridgehead atoms. The molecule has 2 heterocycles. The van der Waals surface area contributed by atoms with E-state index in [0.29, 0.717) is 11.0 Å². The highest BCUT2D eigenvalue weighted by Crippen LogP contribution is 2.22. The Labute approximate surface area is 87.7 Å². The molecule has 1 saturated heterocycles. The summed E-state index contributed by atoms with van der Waals surface area (Å²) < 4.78 is 13.4. The van der Waals surface area contributed by atoms with E-state index in [0.717, 1.165) is 25.9 Å². The van der Waals surface area contributed by atoms with Crippen LogP contribution in [0.25, 0.3) is 0 Å². The minimum absolute atomic E-state index is 0.281. The molecule has 0 spiro atoms. The molecule has 0 radical (unpaired) electrons. The summed E-state index contributed by atoms with van der Waals surface area (Å²) in [4.78, 5) is 5.98. The van der Waals surface area contributed by atoms with Crippen LogP contribution in [0.1, 0.15) is 19.3 Å². The quantitative estimate of drug-likeness (QED) is 0.669. The first-order valence-electron chi connectivity index (χ1n) is 4.84. The molecule has 0 aromatic carbocycles. The third-order valence-electron chi connectivity index (χ3n) is 2.45. The lowest BCUT2D eigenvalue weighted by molar-refractivity contribution is 0.549. The predicted octanol–water partition coefficient (Wildman–Crippen LogP) is 2.86. The number of hydrogen-bond acceptors (Lipinski definition) is 2. The van der Waals surface area contributed by atoms with Gasteiger partial charge in [0.05, 0.1) is 0 Å². The summed E-state index contributed by atoms with van der Waals surface area (Å²) in [5, 5.41) is 0.354. The molecule has 14 heavy (non-hydrogen) atoms.